The smallest absolute Gasteiger partial charge is 0.259 e. The monoisotopic (exact) mass is 290 g/mol. The number of aromatic amines is 1. The molecular formula is C17H14N4O. The molecule has 0 aliphatic heterocycles. The molecule has 0 unspecified atom stereocenters. The summed E-state index contributed by atoms with van der Waals surface area (Å²) in [4.78, 5) is 19.5. The zero-order valence-electron chi connectivity index (χ0n) is 12.1. The maximum atomic E-state index is 12.3. The van der Waals surface area contributed by atoms with Gasteiger partial charge in [0.05, 0.1) is 23.3 Å². The number of nitrogens with one attached hydrogen (secondary N) is 1. The Balaban J connectivity index is 1.94. The van der Waals surface area contributed by atoms with Crippen molar-refractivity contribution in [2.24, 2.45) is 0 Å². The molecule has 1 aromatic carbocycles. The standard InChI is InChI=1S/C17H14N4O/c1-11-7-14-15(10-18-11)21-16(20-17(14)22)13(9-19-21)8-12-5-3-2-4-6-12/h2-7,9-10H,8H2,1H3,(H,20,22). The molecular weight excluding hydrogens is 276 g/mol. The van der Waals surface area contributed by atoms with Gasteiger partial charge in [-0.2, -0.15) is 5.10 Å². The predicted octanol–water partition coefficient (Wildman–Crippen LogP) is 2.47. The topological polar surface area (TPSA) is 63.0 Å². The van der Waals surface area contributed by atoms with Gasteiger partial charge in [-0.1, -0.05) is 30.3 Å². The molecule has 0 spiro atoms. The molecule has 0 bridgehead atoms. The van der Waals surface area contributed by atoms with E-state index in [4.69, 9.17) is 0 Å². The first kappa shape index (κ1) is 12.8. The Bertz CT molecular complexity index is 1030. The van der Waals surface area contributed by atoms with Crippen molar-refractivity contribution in [3.05, 3.63) is 76.0 Å². The summed E-state index contributed by atoms with van der Waals surface area (Å²) in [7, 11) is 0. The van der Waals surface area contributed by atoms with E-state index in [1.54, 1.807) is 23.0 Å². The van der Waals surface area contributed by atoms with Crippen molar-refractivity contribution >= 4 is 16.6 Å². The average Bonchev–Trinajstić information content (AvgIpc) is 2.91. The maximum Gasteiger partial charge on any atom is 0.259 e. The number of pyridine rings is 1. The number of hydrogen-bond donors (Lipinski definition) is 1. The molecule has 5 heteroatoms. The van der Waals surface area contributed by atoms with Crippen molar-refractivity contribution in [3.8, 4) is 0 Å². The summed E-state index contributed by atoms with van der Waals surface area (Å²) in [5.41, 5.74) is 4.33. The minimum absolute atomic E-state index is 0.109. The van der Waals surface area contributed by atoms with Crippen molar-refractivity contribution < 1.29 is 0 Å². The molecule has 4 rings (SSSR count). The first-order chi connectivity index (χ1) is 10.7. The average molecular weight is 290 g/mol. The van der Waals surface area contributed by atoms with Gasteiger partial charge in [-0.05, 0) is 18.6 Å². The van der Waals surface area contributed by atoms with Crippen LogP contribution in [0.25, 0.3) is 16.6 Å². The molecule has 0 aliphatic carbocycles. The van der Waals surface area contributed by atoms with E-state index >= 15 is 0 Å². The van der Waals surface area contributed by atoms with Gasteiger partial charge in [-0.15, -0.1) is 0 Å². The Morgan fingerprint density at radius 2 is 2.00 bits per heavy atom. The van der Waals surface area contributed by atoms with Crippen molar-refractivity contribution in [1.82, 2.24) is 19.6 Å². The summed E-state index contributed by atoms with van der Waals surface area (Å²) in [6.45, 7) is 1.87. The number of aromatic nitrogens is 4. The number of H-pyrrole nitrogens is 1. The van der Waals surface area contributed by atoms with Crippen LogP contribution in [0.1, 0.15) is 16.8 Å². The Kier molecular flexibility index (Phi) is 2.79. The lowest BCUT2D eigenvalue weighted by molar-refractivity contribution is 0.970. The van der Waals surface area contributed by atoms with Gasteiger partial charge in [0.1, 0.15) is 5.65 Å². The quantitative estimate of drug-likeness (QED) is 0.617. The summed E-state index contributed by atoms with van der Waals surface area (Å²) >= 11 is 0. The molecule has 0 radical (unpaired) electrons. The van der Waals surface area contributed by atoms with Crippen molar-refractivity contribution in [2.75, 3.05) is 0 Å². The van der Waals surface area contributed by atoms with Crippen LogP contribution in [-0.4, -0.2) is 19.6 Å². The summed E-state index contributed by atoms with van der Waals surface area (Å²) in [6.07, 6.45) is 4.23. The fourth-order valence-electron chi connectivity index (χ4n) is 2.72. The fraction of sp³-hybridized carbons (Fsp3) is 0.118. The predicted molar refractivity (Wildman–Crippen MR) is 85.1 cm³/mol. The van der Waals surface area contributed by atoms with E-state index in [0.717, 1.165) is 28.8 Å². The highest BCUT2D eigenvalue weighted by Crippen LogP contribution is 2.17. The van der Waals surface area contributed by atoms with Crippen LogP contribution in [-0.2, 0) is 6.42 Å². The molecule has 0 amide bonds. The van der Waals surface area contributed by atoms with Gasteiger partial charge in [0, 0.05) is 17.7 Å². The number of fused-ring (bicyclic) bond motifs is 3. The second-order valence-electron chi connectivity index (χ2n) is 5.39. The van der Waals surface area contributed by atoms with Crippen molar-refractivity contribution in [2.45, 2.75) is 13.3 Å². The van der Waals surface area contributed by atoms with Crippen LogP contribution in [0.5, 0.6) is 0 Å². The molecule has 4 aromatic rings. The van der Waals surface area contributed by atoms with Gasteiger partial charge in [0.25, 0.3) is 5.56 Å². The Hall–Kier alpha value is -2.95. The van der Waals surface area contributed by atoms with Gasteiger partial charge in [-0.25, -0.2) is 4.52 Å². The molecule has 0 aliphatic rings. The van der Waals surface area contributed by atoms with Crippen LogP contribution in [0.15, 0.2) is 53.6 Å². The van der Waals surface area contributed by atoms with E-state index in [9.17, 15) is 4.79 Å². The van der Waals surface area contributed by atoms with Crippen molar-refractivity contribution in [3.63, 3.8) is 0 Å². The molecule has 0 saturated heterocycles. The third kappa shape index (κ3) is 1.98. The first-order valence-corrected chi connectivity index (χ1v) is 7.11. The van der Waals surface area contributed by atoms with Gasteiger partial charge < -0.3 is 4.98 Å². The second kappa shape index (κ2) is 4.80. The lowest BCUT2D eigenvalue weighted by Gasteiger charge is -2.03. The largest absolute Gasteiger partial charge is 0.306 e. The molecule has 1 N–H and O–H groups in total. The molecule has 3 aromatic heterocycles. The zero-order chi connectivity index (χ0) is 15.1. The normalized spacial score (nSPS) is 11.3. The maximum absolute atomic E-state index is 12.3. The number of benzene rings is 1. The Labute approximate surface area is 126 Å². The van der Waals surface area contributed by atoms with E-state index in [2.05, 4.69) is 27.2 Å². The molecule has 22 heavy (non-hydrogen) atoms. The first-order valence-electron chi connectivity index (χ1n) is 7.11. The number of nitrogens with zero attached hydrogens (tertiary/aromatic N) is 3. The summed E-state index contributed by atoms with van der Waals surface area (Å²) in [6, 6.07) is 11.9. The van der Waals surface area contributed by atoms with E-state index in [1.807, 2.05) is 25.1 Å². The summed E-state index contributed by atoms with van der Waals surface area (Å²) in [5.74, 6) is 0. The Morgan fingerprint density at radius 3 is 2.82 bits per heavy atom. The highest BCUT2D eigenvalue weighted by molar-refractivity contribution is 5.80. The Morgan fingerprint density at radius 1 is 1.18 bits per heavy atom. The number of aryl methyl sites for hydroxylation is 1. The van der Waals surface area contributed by atoms with Gasteiger partial charge in [0.2, 0.25) is 0 Å². The molecule has 5 nitrogen and oxygen atoms in total. The second-order valence-corrected chi connectivity index (χ2v) is 5.39. The van der Waals surface area contributed by atoms with Crippen LogP contribution < -0.4 is 5.56 Å². The van der Waals surface area contributed by atoms with Crippen molar-refractivity contribution in [1.29, 1.82) is 0 Å². The highest BCUT2D eigenvalue weighted by Gasteiger charge is 2.11. The van der Waals surface area contributed by atoms with E-state index < -0.39 is 0 Å². The van der Waals surface area contributed by atoms with Crippen LogP contribution in [0.2, 0.25) is 0 Å². The fourth-order valence-corrected chi connectivity index (χ4v) is 2.72. The lowest BCUT2D eigenvalue weighted by Crippen LogP contribution is -2.11. The third-order valence-electron chi connectivity index (χ3n) is 3.81. The highest BCUT2D eigenvalue weighted by atomic mass is 16.1. The zero-order valence-corrected chi connectivity index (χ0v) is 12.1. The van der Waals surface area contributed by atoms with Gasteiger partial charge >= 0.3 is 0 Å². The minimum Gasteiger partial charge on any atom is -0.306 e. The molecule has 0 atom stereocenters. The van der Waals surface area contributed by atoms with E-state index in [0.29, 0.717) is 5.39 Å². The van der Waals surface area contributed by atoms with Crippen LogP contribution in [0.3, 0.4) is 0 Å². The van der Waals surface area contributed by atoms with E-state index in [-0.39, 0.29) is 5.56 Å². The van der Waals surface area contributed by atoms with Gasteiger partial charge in [0.15, 0.2) is 0 Å². The molecule has 108 valence electrons. The number of hydrogen-bond acceptors (Lipinski definition) is 3. The summed E-state index contributed by atoms with van der Waals surface area (Å²) < 4.78 is 1.75. The van der Waals surface area contributed by atoms with Gasteiger partial charge in [-0.3, -0.25) is 9.78 Å². The number of rotatable bonds is 2. The SMILES string of the molecule is Cc1cc2c(=O)[nH]c3c(Cc4ccccc4)cnn3c2cn1. The van der Waals surface area contributed by atoms with Crippen LogP contribution in [0.4, 0.5) is 0 Å². The summed E-state index contributed by atoms with van der Waals surface area (Å²) in [5, 5.41) is 5.03. The minimum atomic E-state index is -0.109. The van der Waals surface area contributed by atoms with Crippen LogP contribution >= 0.6 is 0 Å². The lowest BCUT2D eigenvalue weighted by atomic mass is 10.1. The third-order valence-corrected chi connectivity index (χ3v) is 3.81. The molecule has 0 saturated carbocycles. The molecule has 3 heterocycles. The van der Waals surface area contributed by atoms with E-state index in [1.165, 1.54) is 5.56 Å². The molecule has 0 fully saturated rings. The van der Waals surface area contributed by atoms with Crippen LogP contribution in [0, 0.1) is 6.92 Å².